The Morgan fingerprint density at radius 3 is 2.47 bits per heavy atom. The second-order valence-electron chi connectivity index (χ2n) is 6.60. The molecule has 2 aliphatic rings. The lowest BCUT2D eigenvalue weighted by atomic mass is 10.1. The molecule has 5 heteroatoms. The van der Waals surface area contributed by atoms with Crippen LogP contribution in [0.15, 0.2) is 0 Å². The molecule has 0 spiro atoms. The van der Waals surface area contributed by atoms with Crippen molar-refractivity contribution in [3.8, 4) is 0 Å². The third-order valence-electron chi connectivity index (χ3n) is 3.63. The Hall–Kier alpha value is -0.810. The maximum Gasteiger partial charge on any atom is 0.317 e. The highest BCUT2D eigenvalue weighted by molar-refractivity contribution is 5.75. The number of nitrogens with zero attached hydrogens (tertiary/aromatic N) is 2. The lowest BCUT2D eigenvalue weighted by Crippen LogP contribution is -2.55. The molecule has 2 rings (SSSR count). The second-order valence-corrected chi connectivity index (χ2v) is 6.60. The first kappa shape index (κ1) is 14.6. The smallest absolute Gasteiger partial charge is 0.317 e. The van der Waals surface area contributed by atoms with Gasteiger partial charge in [0.15, 0.2) is 0 Å². The normalized spacial score (nSPS) is 25.6. The van der Waals surface area contributed by atoms with Crippen LogP contribution in [-0.2, 0) is 4.74 Å². The van der Waals surface area contributed by atoms with Crippen LogP contribution in [0.2, 0.25) is 0 Å². The Bertz CT molecular complexity index is 300. The molecular weight excluding hydrogens is 242 g/mol. The zero-order chi connectivity index (χ0) is 13.9. The summed E-state index contributed by atoms with van der Waals surface area (Å²) >= 11 is 0. The van der Waals surface area contributed by atoms with E-state index in [1.165, 1.54) is 12.8 Å². The van der Waals surface area contributed by atoms with E-state index in [-0.39, 0.29) is 11.6 Å². The molecule has 0 saturated carbocycles. The van der Waals surface area contributed by atoms with Gasteiger partial charge in [-0.15, -0.1) is 0 Å². The van der Waals surface area contributed by atoms with Crippen molar-refractivity contribution in [2.75, 3.05) is 39.3 Å². The van der Waals surface area contributed by atoms with E-state index in [1.54, 1.807) is 0 Å². The third kappa shape index (κ3) is 4.66. The summed E-state index contributed by atoms with van der Waals surface area (Å²) in [5.41, 5.74) is -0.161. The molecular formula is C14H27N3O2. The molecule has 2 heterocycles. The highest BCUT2D eigenvalue weighted by atomic mass is 16.5. The van der Waals surface area contributed by atoms with E-state index in [0.717, 1.165) is 39.3 Å². The average Bonchev–Trinajstić information content (AvgIpc) is 2.80. The number of carbonyl (C=O) groups is 1. The van der Waals surface area contributed by atoms with E-state index in [9.17, 15) is 4.79 Å². The Morgan fingerprint density at radius 2 is 1.95 bits per heavy atom. The molecule has 0 aromatic heterocycles. The van der Waals surface area contributed by atoms with Gasteiger partial charge in [-0.05, 0) is 33.6 Å². The molecule has 110 valence electrons. The SMILES string of the molecule is CC(C)(C)NC(=O)N1CCN(CC2CCCO2)CC1. The van der Waals surface area contributed by atoms with Crippen LogP contribution in [0.5, 0.6) is 0 Å². The summed E-state index contributed by atoms with van der Waals surface area (Å²) < 4.78 is 5.66. The first-order chi connectivity index (χ1) is 8.94. The summed E-state index contributed by atoms with van der Waals surface area (Å²) in [7, 11) is 0. The monoisotopic (exact) mass is 269 g/mol. The van der Waals surface area contributed by atoms with E-state index >= 15 is 0 Å². The molecule has 5 nitrogen and oxygen atoms in total. The molecule has 1 unspecified atom stereocenters. The third-order valence-corrected chi connectivity index (χ3v) is 3.63. The van der Waals surface area contributed by atoms with E-state index in [2.05, 4.69) is 10.2 Å². The topological polar surface area (TPSA) is 44.8 Å². The first-order valence-corrected chi connectivity index (χ1v) is 7.35. The van der Waals surface area contributed by atoms with Crippen molar-refractivity contribution in [2.24, 2.45) is 0 Å². The molecule has 1 N–H and O–H groups in total. The van der Waals surface area contributed by atoms with Gasteiger partial charge in [0.05, 0.1) is 6.10 Å². The van der Waals surface area contributed by atoms with Crippen LogP contribution in [0.25, 0.3) is 0 Å². The van der Waals surface area contributed by atoms with E-state index in [4.69, 9.17) is 4.74 Å². The van der Waals surface area contributed by atoms with Gasteiger partial charge in [-0.1, -0.05) is 0 Å². The fourth-order valence-corrected chi connectivity index (χ4v) is 2.61. The molecule has 2 amide bonds. The van der Waals surface area contributed by atoms with Crippen molar-refractivity contribution >= 4 is 6.03 Å². The number of nitrogens with one attached hydrogen (secondary N) is 1. The van der Waals surface area contributed by atoms with Gasteiger partial charge in [-0.3, -0.25) is 4.90 Å². The summed E-state index contributed by atoms with van der Waals surface area (Å²) in [6.45, 7) is 11.5. The Kier molecular flexibility index (Phi) is 4.68. The van der Waals surface area contributed by atoms with Crippen molar-refractivity contribution in [2.45, 2.75) is 45.3 Å². The van der Waals surface area contributed by atoms with Crippen LogP contribution in [0, 0.1) is 0 Å². The van der Waals surface area contributed by atoms with Gasteiger partial charge in [-0.25, -0.2) is 4.79 Å². The van der Waals surface area contributed by atoms with Gasteiger partial charge >= 0.3 is 6.03 Å². The predicted molar refractivity (Wildman–Crippen MR) is 75.3 cm³/mol. The van der Waals surface area contributed by atoms with Crippen molar-refractivity contribution in [3.63, 3.8) is 0 Å². The van der Waals surface area contributed by atoms with E-state index < -0.39 is 0 Å². The number of amides is 2. The van der Waals surface area contributed by atoms with Crippen LogP contribution in [-0.4, -0.2) is 66.8 Å². The van der Waals surface area contributed by atoms with Gasteiger partial charge in [0, 0.05) is 44.9 Å². The molecule has 2 fully saturated rings. The molecule has 0 aliphatic carbocycles. The molecule has 0 aromatic rings. The lowest BCUT2D eigenvalue weighted by Gasteiger charge is -2.37. The zero-order valence-corrected chi connectivity index (χ0v) is 12.4. The van der Waals surface area contributed by atoms with Crippen LogP contribution >= 0.6 is 0 Å². The van der Waals surface area contributed by atoms with Gasteiger partial charge in [0.1, 0.15) is 0 Å². The number of urea groups is 1. The van der Waals surface area contributed by atoms with Gasteiger partial charge in [0.25, 0.3) is 0 Å². The minimum Gasteiger partial charge on any atom is -0.377 e. The molecule has 2 saturated heterocycles. The van der Waals surface area contributed by atoms with Crippen molar-refractivity contribution in [1.82, 2.24) is 15.1 Å². The molecule has 0 bridgehead atoms. The maximum atomic E-state index is 12.0. The number of ether oxygens (including phenoxy) is 1. The minimum absolute atomic E-state index is 0.0595. The second kappa shape index (κ2) is 6.09. The van der Waals surface area contributed by atoms with Gasteiger partial charge < -0.3 is 15.0 Å². The van der Waals surface area contributed by atoms with Crippen LogP contribution < -0.4 is 5.32 Å². The average molecular weight is 269 g/mol. The fourth-order valence-electron chi connectivity index (χ4n) is 2.61. The highest BCUT2D eigenvalue weighted by Crippen LogP contribution is 2.14. The summed E-state index contributed by atoms with van der Waals surface area (Å²) in [6.07, 6.45) is 2.79. The quantitative estimate of drug-likeness (QED) is 0.821. The largest absolute Gasteiger partial charge is 0.377 e. The number of piperazine rings is 1. The molecule has 2 aliphatic heterocycles. The van der Waals surface area contributed by atoms with E-state index in [0.29, 0.717) is 6.10 Å². The predicted octanol–water partition coefficient (Wildman–Crippen LogP) is 1.29. The number of carbonyl (C=O) groups excluding carboxylic acids is 1. The summed E-state index contributed by atoms with van der Waals surface area (Å²) in [6, 6.07) is 0.0595. The van der Waals surface area contributed by atoms with E-state index in [1.807, 2.05) is 25.7 Å². The Balaban J connectivity index is 1.71. The minimum atomic E-state index is -0.161. The molecule has 1 atom stereocenters. The van der Waals surface area contributed by atoms with Crippen molar-refractivity contribution < 1.29 is 9.53 Å². The summed E-state index contributed by atoms with van der Waals surface area (Å²) in [4.78, 5) is 16.4. The summed E-state index contributed by atoms with van der Waals surface area (Å²) in [5.74, 6) is 0. The fraction of sp³-hybridized carbons (Fsp3) is 0.929. The maximum absolute atomic E-state index is 12.0. The summed E-state index contributed by atoms with van der Waals surface area (Å²) in [5, 5.41) is 3.02. The number of hydrogen-bond donors (Lipinski definition) is 1. The lowest BCUT2D eigenvalue weighted by molar-refractivity contribution is 0.0556. The Morgan fingerprint density at radius 1 is 1.26 bits per heavy atom. The number of rotatable bonds is 2. The van der Waals surface area contributed by atoms with Crippen molar-refractivity contribution in [1.29, 1.82) is 0 Å². The number of hydrogen-bond acceptors (Lipinski definition) is 3. The Labute approximate surface area is 116 Å². The van der Waals surface area contributed by atoms with Crippen molar-refractivity contribution in [3.05, 3.63) is 0 Å². The van der Waals surface area contributed by atoms with Gasteiger partial charge in [-0.2, -0.15) is 0 Å². The van der Waals surface area contributed by atoms with Crippen LogP contribution in [0.1, 0.15) is 33.6 Å². The first-order valence-electron chi connectivity index (χ1n) is 7.35. The van der Waals surface area contributed by atoms with Crippen LogP contribution in [0.4, 0.5) is 4.79 Å². The molecule has 0 radical (unpaired) electrons. The van der Waals surface area contributed by atoms with Crippen LogP contribution in [0.3, 0.4) is 0 Å². The van der Waals surface area contributed by atoms with Gasteiger partial charge in [0.2, 0.25) is 0 Å². The standard InChI is InChI=1S/C14H27N3O2/c1-14(2,3)15-13(18)17-8-6-16(7-9-17)11-12-5-4-10-19-12/h12H,4-11H2,1-3H3,(H,15,18). The molecule has 0 aromatic carbocycles. The zero-order valence-electron chi connectivity index (χ0n) is 12.4. The highest BCUT2D eigenvalue weighted by Gasteiger charge is 2.26. The molecule has 19 heavy (non-hydrogen) atoms.